The maximum absolute atomic E-state index is 13.3. The maximum atomic E-state index is 13.3. The molecule has 1 aliphatic carbocycles. The molecule has 0 bridgehead atoms. The van der Waals surface area contributed by atoms with Crippen LogP contribution in [0.3, 0.4) is 0 Å². The van der Waals surface area contributed by atoms with Crippen LogP contribution in [0.2, 0.25) is 5.02 Å². The summed E-state index contributed by atoms with van der Waals surface area (Å²) in [7, 11) is 0. The highest BCUT2D eigenvalue weighted by Gasteiger charge is 2.39. The van der Waals surface area contributed by atoms with Crippen LogP contribution < -0.4 is 5.32 Å². The summed E-state index contributed by atoms with van der Waals surface area (Å²) in [6, 6.07) is 11.1. The van der Waals surface area contributed by atoms with E-state index in [9.17, 15) is 4.39 Å². The van der Waals surface area contributed by atoms with E-state index in [0.29, 0.717) is 0 Å². The van der Waals surface area contributed by atoms with Crippen LogP contribution >= 0.6 is 34.2 Å². The number of anilines is 1. The van der Waals surface area contributed by atoms with Gasteiger partial charge in [-0.25, -0.2) is 4.39 Å². The summed E-state index contributed by atoms with van der Waals surface area (Å²) in [5, 5.41) is 4.33. The molecule has 2 aromatic carbocycles. The number of hydrogen-bond donors (Lipinski definition) is 1. The highest BCUT2D eigenvalue weighted by molar-refractivity contribution is 14.1. The molecule has 2 aromatic rings. The van der Waals surface area contributed by atoms with Crippen molar-refractivity contribution in [1.82, 2.24) is 0 Å². The Morgan fingerprint density at radius 1 is 1.24 bits per heavy atom. The van der Waals surface area contributed by atoms with Gasteiger partial charge in [0, 0.05) is 14.3 Å². The Morgan fingerprint density at radius 2 is 2.00 bits per heavy atom. The predicted octanol–water partition coefficient (Wildman–Crippen LogP) is 5.82. The van der Waals surface area contributed by atoms with E-state index in [0.717, 1.165) is 20.7 Å². The summed E-state index contributed by atoms with van der Waals surface area (Å²) in [5.74, 6) is -0.209. The predicted molar refractivity (Wildman–Crippen MR) is 94.4 cm³/mol. The van der Waals surface area contributed by atoms with Gasteiger partial charge < -0.3 is 5.32 Å². The molecule has 0 aliphatic heterocycles. The molecule has 1 N–H and O–H groups in total. The highest BCUT2D eigenvalue weighted by Crippen LogP contribution is 2.47. The minimum absolute atomic E-state index is 0.0878. The second kappa shape index (κ2) is 5.43. The largest absolute Gasteiger partial charge is 0.377 e. The van der Waals surface area contributed by atoms with Crippen molar-refractivity contribution in [2.24, 2.45) is 5.41 Å². The molecule has 1 unspecified atom stereocenters. The van der Waals surface area contributed by atoms with Gasteiger partial charge >= 0.3 is 0 Å². The monoisotopic (exact) mass is 415 g/mol. The molecule has 21 heavy (non-hydrogen) atoms. The average molecular weight is 416 g/mol. The Kier molecular flexibility index (Phi) is 3.91. The second-order valence-corrected chi connectivity index (χ2v) is 7.81. The Morgan fingerprint density at radius 3 is 2.71 bits per heavy atom. The van der Waals surface area contributed by atoms with E-state index in [1.54, 1.807) is 12.1 Å². The van der Waals surface area contributed by atoms with Gasteiger partial charge in [0.2, 0.25) is 0 Å². The quantitative estimate of drug-likeness (QED) is 0.610. The van der Waals surface area contributed by atoms with Gasteiger partial charge in [-0.1, -0.05) is 31.5 Å². The van der Waals surface area contributed by atoms with Gasteiger partial charge in [-0.3, -0.25) is 0 Å². The van der Waals surface area contributed by atoms with E-state index in [1.807, 2.05) is 12.1 Å². The van der Waals surface area contributed by atoms with E-state index < -0.39 is 0 Å². The van der Waals surface area contributed by atoms with Crippen molar-refractivity contribution >= 4 is 39.9 Å². The first-order valence-electron chi connectivity index (χ1n) is 6.87. The minimum Gasteiger partial charge on any atom is -0.377 e. The van der Waals surface area contributed by atoms with Crippen LogP contribution in [0, 0.1) is 14.8 Å². The van der Waals surface area contributed by atoms with Gasteiger partial charge in [0.1, 0.15) is 5.82 Å². The molecule has 0 amide bonds. The Balaban J connectivity index is 1.99. The maximum Gasteiger partial charge on any atom is 0.124 e. The fourth-order valence-corrected chi connectivity index (χ4v) is 3.86. The first-order valence-corrected chi connectivity index (χ1v) is 8.32. The summed E-state index contributed by atoms with van der Waals surface area (Å²) < 4.78 is 14.1. The van der Waals surface area contributed by atoms with Crippen LogP contribution in [-0.4, -0.2) is 0 Å². The van der Waals surface area contributed by atoms with Gasteiger partial charge in [0.05, 0.1) is 6.04 Å². The van der Waals surface area contributed by atoms with E-state index in [2.05, 4.69) is 47.8 Å². The number of benzene rings is 2. The zero-order valence-electron chi connectivity index (χ0n) is 11.9. The van der Waals surface area contributed by atoms with Gasteiger partial charge in [0.25, 0.3) is 0 Å². The van der Waals surface area contributed by atoms with Crippen LogP contribution in [0.15, 0.2) is 36.4 Å². The second-order valence-electron chi connectivity index (χ2n) is 6.21. The molecule has 0 aromatic heterocycles. The fourth-order valence-electron chi connectivity index (χ4n) is 3.04. The average Bonchev–Trinajstić information content (AvgIpc) is 2.63. The summed E-state index contributed by atoms with van der Waals surface area (Å²) in [6.45, 7) is 4.49. The Labute approximate surface area is 143 Å². The number of nitrogens with one attached hydrogen (secondary N) is 1. The fraction of sp³-hybridized carbons (Fsp3) is 0.294. The number of rotatable bonds is 2. The summed E-state index contributed by atoms with van der Waals surface area (Å²) in [5.41, 5.74) is 3.62. The zero-order chi connectivity index (χ0) is 15.2. The van der Waals surface area contributed by atoms with E-state index in [1.165, 1.54) is 17.2 Å². The minimum atomic E-state index is -0.209. The highest BCUT2D eigenvalue weighted by atomic mass is 127. The number of halogens is 3. The molecule has 4 heteroatoms. The molecule has 0 heterocycles. The van der Waals surface area contributed by atoms with Crippen molar-refractivity contribution in [3.05, 3.63) is 61.9 Å². The third-order valence-electron chi connectivity index (χ3n) is 4.08. The lowest BCUT2D eigenvalue weighted by atomic mass is 9.85. The summed E-state index contributed by atoms with van der Waals surface area (Å²) in [4.78, 5) is 0. The van der Waals surface area contributed by atoms with E-state index in [-0.39, 0.29) is 17.3 Å². The standard InChI is InChI=1S/C17H16ClFIN/c1-17(2)9-10-3-4-11(18)7-13(10)16(17)21-15-6-5-12(19)8-14(15)20/h3-8,16,21H,9H2,1-2H3. The Bertz CT molecular complexity index is 699. The van der Waals surface area contributed by atoms with Crippen molar-refractivity contribution in [2.45, 2.75) is 26.3 Å². The van der Waals surface area contributed by atoms with Crippen molar-refractivity contribution < 1.29 is 4.39 Å². The van der Waals surface area contributed by atoms with Crippen LogP contribution in [-0.2, 0) is 6.42 Å². The van der Waals surface area contributed by atoms with Crippen LogP contribution in [0.4, 0.5) is 10.1 Å². The van der Waals surface area contributed by atoms with Gasteiger partial charge in [-0.2, -0.15) is 0 Å². The van der Waals surface area contributed by atoms with Gasteiger partial charge in [-0.15, -0.1) is 0 Å². The number of hydrogen-bond acceptors (Lipinski definition) is 1. The molecule has 0 spiro atoms. The van der Waals surface area contributed by atoms with Crippen molar-refractivity contribution in [3.63, 3.8) is 0 Å². The SMILES string of the molecule is CC1(C)Cc2ccc(Cl)cc2C1Nc1ccc(F)cc1I. The lowest BCUT2D eigenvalue weighted by molar-refractivity contribution is 0.337. The molecule has 1 nitrogen and oxygen atoms in total. The molecule has 110 valence electrons. The van der Waals surface area contributed by atoms with Crippen molar-refractivity contribution in [1.29, 1.82) is 0 Å². The molecule has 1 aliphatic rings. The van der Waals surface area contributed by atoms with Gasteiger partial charge in [-0.05, 0) is 75.9 Å². The first-order chi connectivity index (χ1) is 9.87. The molecule has 0 saturated heterocycles. The van der Waals surface area contributed by atoms with Crippen molar-refractivity contribution in [3.8, 4) is 0 Å². The Hall–Kier alpha value is -0.810. The lowest BCUT2D eigenvalue weighted by Crippen LogP contribution is -2.24. The van der Waals surface area contributed by atoms with E-state index >= 15 is 0 Å². The number of fused-ring (bicyclic) bond motifs is 1. The smallest absolute Gasteiger partial charge is 0.124 e. The van der Waals surface area contributed by atoms with E-state index in [4.69, 9.17) is 11.6 Å². The summed E-state index contributed by atoms with van der Waals surface area (Å²) in [6.07, 6.45) is 1.01. The van der Waals surface area contributed by atoms with Gasteiger partial charge in [0.15, 0.2) is 0 Å². The molecular formula is C17H16ClFIN. The molecule has 3 rings (SSSR count). The topological polar surface area (TPSA) is 12.0 Å². The van der Waals surface area contributed by atoms with Crippen molar-refractivity contribution in [2.75, 3.05) is 5.32 Å². The van der Waals surface area contributed by atoms with Crippen LogP contribution in [0.25, 0.3) is 0 Å². The van der Waals surface area contributed by atoms with Crippen LogP contribution in [0.1, 0.15) is 31.0 Å². The molecular weight excluding hydrogens is 400 g/mol. The third kappa shape index (κ3) is 2.90. The normalized spacial score (nSPS) is 19.4. The van der Waals surface area contributed by atoms with Crippen LogP contribution in [0.5, 0.6) is 0 Å². The summed E-state index contributed by atoms with van der Waals surface area (Å²) >= 11 is 8.32. The zero-order valence-corrected chi connectivity index (χ0v) is 14.8. The first kappa shape index (κ1) is 15.1. The molecule has 0 radical (unpaired) electrons. The molecule has 0 fully saturated rings. The molecule has 0 saturated carbocycles. The molecule has 1 atom stereocenters. The third-order valence-corrected chi connectivity index (χ3v) is 5.21. The lowest BCUT2D eigenvalue weighted by Gasteiger charge is -2.30.